The van der Waals surface area contributed by atoms with E-state index in [1.807, 2.05) is 6.07 Å². The second kappa shape index (κ2) is 6.77. The minimum absolute atomic E-state index is 0.0282. The molecule has 1 aromatic rings. The van der Waals surface area contributed by atoms with Gasteiger partial charge in [-0.05, 0) is 54.9 Å². The van der Waals surface area contributed by atoms with Crippen molar-refractivity contribution in [3.8, 4) is 5.75 Å². The average Bonchev–Trinajstić information content (AvgIpc) is 2.55. The molecule has 1 aliphatic heterocycles. The van der Waals surface area contributed by atoms with Crippen molar-refractivity contribution in [2.75, 3.05) is 26.9 Å². The largest absolute Gasteiger partial charge is 0.497 e. The Morgan fingerprint density at radius 3 is 2.81 bits per heavy atom. The second-order valence-corrected chi connectivity index (χ2v) is 6.06. The molecule has 21 heavy (non-hydrogen) atoms. The van der Waals surface area contributed by atoms with Gasteiger partial charge < -0.3 is 19.9 Å². The molecule has 1 aromatic carbocycles. The molecule has 1 saturated heterocycles. The van der Waals surface area contributed by atoms with E-state index in [1.54, 1.807) is 7.11 Å². The van der Waals surface area contributed by atoms with Crippen LogP contribution in [0.4, 0.5) is 0 Å². The highest BCUT2D eigenvalue weighted by molar-refractivity contribution is 5.39. The SMILES string of the molecule is COc1ccc2c(c1)CCC(OCC1CCOCC1)C2N. The lowest BCUT2D eigenvalue weighted by Crippen LogP contribution is -2.35. The third-order valence-electron chi connectivity index (χ3n) is 4.69. The zero-order valence-corrected chi connectivity index (χ0v) is 12.7. The fourth-order valence-electron chi connectivity index (χ4n) is 3.29. The van der Waals surface area contributed by atoms with Gasteiger partial charge in [0.15, 0.2) is 0 Å². The zero-order valence-electron chi connectivity index (χ0n) is 12.7. The molecule has 0 amide bonds. The molecule has 0 radical (unpaired) electrons. The third-order valence-corrected chi connectivity index (χ3v) is 4.69. The van der Waals surface area contributed by atoms with Gasteiger partial charge in [0.1, 0.15) is 5.75 Å². The van der Waals surface area contributed by atoms with Crippen LogP contribution < -0.4 is 10.5 Å². The smallest absolute Gasteiger partial charge is 0.119 e. The number of ether oxygens (including phenoxy) is 3. The van der Waals surface area contributed by atoms with Crippen molar-refractivity contribution in [2.24, 2.45) is 11.7 Å². The maximum absolute atomic E-state index is 6.41. The Balaban J connectivity index is 1.60. The topological polar surface area (TPSA) is 53.7 Å². The van der Waals surface area contributed by atoms with Crippen LogP contribution in [0, 0.1) is 5.92 Å². The standard InChI is InChI=1S/C17H25NO3/c1-19-14-3-4-15-13(10-14)2-5-16(17(15)18)21-11-12-6-8-20-9-7-12/h3-4,10,12,16-17H,2,5-9,11,18H2,1H3. The lowest BCUT2D eigenvalue weighted by Gasteiger charge is -2.33. The van der Waals surface area contributed by atoms with Crippen molar-refractivity contribution in [1.82, 2.24) is 0 Å². The van der Waals surface area contributed by atoms with Crippen molar-refractivity contribution < 1.29 is 14.2 Å². The van der Waals surface area contributed by atoms with Crippen LogP contribution in [-0.4, -0.2) is 33.0 Å². The summed E-state index contributed by atoms with van der Waals surface area (Å²) in [5, 5.41) is 0. The molecule has 0 saturated carbocycles. The van der Waals surface area contributed by atoms with E-state index in [9.17, 15) is 0 Å². The molecule has 0 bridgehead atoms. The number of fused-ring (bicyclic) bond motifs is 1. The number of aryl methyl sites for hydroxylation is 1. The van der Waals surface area contributed by atoms with Crippen molar-refractivity contribution >= 4 is 0 Å². The van der Waals surface area contributed by atoms with Crippen molar-refractivity contribution in [2.45, 2.75) is 37.8 Å². The van der Waals surface area contributed by atoms with Gasteiger partial charge in [0.25, 0.3) is 0 Å². The predicted octanol–water partition coefficient (Wildman–Crippen LogP) is 2.45. The molecule has 2 aliphatic rings. The molecule has 3 rings (SSSR count). The van der Waals surface area contributed by atoms with Gasteiger partial charge in [-0.1, -0.05) is 6.07 Å². The molecule has 4 nitrogen and oxygen atoms in total. The quantitative estimate of drug-likeness (QED) is 0.926. The van der Waals surface area contributed by atoms with Crippen molar-refractivity contribution in [3.05, 3.63) is 29.3 Å². The van der Waals surface area contributed by atoms with Crippen molar-refractivity contribution in [1.29, 1.82) is 0 Å². The maximum atomic E-state index is 6.41. The van der Waals surface area contributed by atoms with Gasteiger partial charge in [-0.25, -0.2) is 0 Å². The molecule has 2 unspecified atom stereocenters. The molecule has 1 heterocycles. The van der Waals surface area contributed by atoms with Crippen LogP contribution in [0.5, 0.6) is 5.75 Å². The fourth-order valence-corrected chi connectivity index (χ4v) is 3.29. The number of benzene rings is 1. The number of methoxy groups -OCH3 is 1. The van der Waals surface area contributed by atoms with Gasteiger partial charge in [0.05, 0.1) is 25.9 Å². The number of rotatable bonds is 4. The summed E-state index contributed by atoms with van der Waals surface area (Å²) >= 11 is 0. The van der Waals surface area contributed by atoms with Crippen LogP contribution in [0.2, 0.25) is 0 Å². The summed E-state index contributed by atoms with van der Waals surface area (Å²) in [6, 6.07) is 6.14. The molecule has 2 atom stereocenters. The lowest BCUT2D eigenvalue weighted by molar-refractivity contribution is -0.0250. The minimum Gasteiger partial charge on any atom is -0.497 e. The van der Waals surface area contributed by atoms with E-state index in [0.717, 1.165) is 51.3 Å². The first-order chi connectivity index (χ1) is 10.3. The Morgan fingerprint density at radius 2 is 2.05 bits per heavy atom. The Kier molecular flexibility index (Phi) is 4.78. The first kappa shape index (κ1) is 14.8. The normalized spacial score (nSPS) is 26.4. The molecule has 1 fully saturated rings. The van der Waals surface area contributed by atoms with Gasteiger partial charge in [0, 0.05) is 13.2 Å². The number of hydrogen-bond donors (Lipinski definition) is 1. The predicted molar refractivity (Wildman–Crippen MR) is 81.5 cm³/mol. The van der Waals surface area contributed by atoms with E-state index in [2.05, 4.69) is 12.1 Å². The first-order valence-electron chi connectivity index (χ1n) is 7.89. The Bertz CT molecular complexity index is 471. The summed E-state index contributed by atoms with van der Waals surface area (Å²) < 4.78 is 16.8. The van der Waals surface area contributed by atoms with Crippen LogP contribution in [0.1, 0.15) is 36.4 Å². The minimum atomic E-state index is -0.0282. The van der Waals surface area contributed by atoms with Gasteiger partial charge in [-0.3, -0.25) is 0 Å². The Labute approximate surface area is 126 Å². The van der Waals surface area contributed by atoms with E-state index in [1.165, 1.54) is 11.1 Å². The van der Waals surface area contributed by atoms with Crippen LogP contribution in [0.3, 0.4) is 0 Å². The molecular weight excluding hydrogens is 266 g/mol. The van der Waals surface area contributed by atoms with Gasteiger partial charge in [0.2, 0.25) is 0 Å². The molecule has 2 N–H and O–H groups in total. The molecule has 0 spiro atoms. The van der Waals surface area contributed by atoms with E-state index < -0.39 is 0 Å². The maximum Gasteiger partial charge on any atom is 0.119 e. The van der Waals surface area contributed by atoms with Crippen LogP contribution in [0.25, 0.3) is 0 Å². The summed E-state index contributed by atoms with van der Waals surface area (Å²) in [6.07, 6.45) is 4.35. The first-order valence-corrected chi connectivity index (χ1v) is 7.89. The second-order valence-electron chi connectivity index (χ2n) is 6.06. The van der Waals surface area contributed by atoms with E-state index in [0.29, 0.717) is 5.92 Å². The molecule has 4 heteroatoms. The number of nitrogens with two attached hydrogens (primary N) is 1. The van der Waals surface area contributed by atoms with Gasteiger partial charge in [-0.2, -0.15) is 0 Å². The van der Waals surface area contributed by atoms with Gasteiger partial charge >= 0.3 is 0 Å². The highest BCUT2D eigenvalue weighted by Gasteiger charge is 2.28. The lowest BCUT2D eigenvalue weighted by atomic mass is 9.86. The summed E-state index contributed by atoms with van der Waals surface area (Å²) in [7, 11) is 1.70. The highest BCUT2D eigenvalue weighted by Crippen LogP contribution is 2.33. The van der Waals surface area contributed by atoms with Crippen LogP contribution >= 0.6 is 0 Å². The van der Waals surface area contributed by atoms with Crippen molar-refractivity contribution in [3.63, 3.8) is 0 Å². The summed E-state index contributed by atoms with van der Waals surface area (Å²) in [4.78, 5) is 0. The summed E-state index contributed by atoms with van der Waals surface area (Å²) in [6.45, 7) is 2.55. The molecule has 0 aromatic heterocycles. The monoisotopic (exact) mass is 291 g/mol. The third kappa shape index (κ3) is 3.39. The average molecular weight is 291 g/mol. The Morgan fingerprint density at radius 1 is 1.24 bits per heavy atom. The molecule has 1 aliphatic carbocycles. The Hall–Kier alpha value is -1.10. The van der Waals surface area contributed by atoms with Gasteiger partial charge in [-0.15, -0.1) is 0 Å². The zero-order chi connectivity index (χ0) is 14.7. The van der Waals surface area contributed by atoms with E-state index in [-0.39, 0.29) is 12.1 Å². The number of hydrogen-bond acceptors (Lipinski definition) is 4. The van der Waals surface area contributed by atoms with Crippen LogP contribution in [0.15, 0.2) is 18.2 Å². The molecule has 116 valence electrons. The summed E-state index contributed by atoms with van der Waals surface area (Å²) in [5.41, 5.74) is 8.91. The van der Waals surface area contributed by atoms with E-state index in [4.69, 9.17) is 19.9 Å². The van der Waals surface area contributed by atoms with E-state index >= 15 is 0 Å². The summed E-state index contributed by atoms with van der Waals surface area (Å²) in [5.74, 6) is 1.53. The fraction of sp³-hybridized carbons (Fsp3) is 0.647. The van der Waals surface area contributed by atoms with Crippen LogP contribution in [-0.2, 0) is 15.9 Å². The molecular formula is C17H25NO3. The highest BCUT2D eigenvalue weighted by atomic mass is 16.5.